The number of alkyl halides is 3. The summed E-state index contributed by atoms with van der Waals surface area (Å²) in [5.41, 5.74) is 0. The second-order valence-electron chi connectivity index (χ2n) is 5.45. The molecule has 2 N–H and O–H groups in total. The van der Waals surface area contributed by atoms with Crippen LogP contribution < -0.4 is 10.6 Å². The molecule has 2 atom stereocenters. The van der Waals surface area contributed by atoms with E-state index in [2.05, 4.69) is 10.1 Å². The van der Waals surface area contributed by atoms with Crippen molar-refractivity contribution in [1.82, 2.24) is 10.6 Å². The van der Waals surface area contributed by atoms with Gasteiger partial charge in [-0.25, -0.2) is 4.79 Å². The Morgan fingerprint density at radius 2 is 1.36 bits per heavy atom. The molecule has 0 spiro atoms. The van der Waals surface area contributed by atoms with Crippen LogP contribution in [0.4, 0.5) is 13.2 Å². The summed E-state index contributed by atoms with van der Waals surface area (Å²) >= 11 is 0. The van der Waals surface area contributed by atoms with Crippen LogP contribution in [0.3, 0.4) is 0 Å². The Balaban J connectivity index is 5.08. The summed E-state index contributed by atoms with van der Waals surface area (Å²) in [4.78, 5) is 34.6. The van der Waals surface area contributed by atoms with Crippen molar-refractivity contribution in [1.29, 1.82) is 0 Å². The highest BCUT2D eigenvalue weighted by Gasteiger charge is 2.41. The Labute approximate surface area is 126 Å². The quantitative estimate of drug-likeness (QED) is 0.713. The molecule has 0 aromatic heterocycles. The van der Waals surface area contributed by atoms with E-state index in [0.29, 0.717) is 0 Å². The first-order chi connectivity index (χ1) is 9.91. The van der Waals surface area contributed by atoms with Crippen molar-refractivity contribution in [3.8, 4) is 0 Å². The van der Waals surface area contributed by atoms with Gasteiger partial charge >= 0.3 is 18.1 Å². The molecule has 9 heteroatoms. The van der Waals surface area contributed by atoms with E-state index in [1.54, 1.807) is 19.2 Å². The lowest BCUT2D eigenvalue weighted by Crippen LogP contribution is -2.56. The third-order valence-corrected chi connectivity index (χ3v) is 2.91. The summed E-state index contributed by atoms with van der Waals surface area (Å²) in [6.45, 7) is 6.23. The lowest BCUT2D eigenvalue weighted by atomic mass is 10.00. The fourth-order valence-corrected chi connectivity index (χ4v) is 1.63. The number of ether oxygens (including phenoxy) is 1. The van der Waals surface area contributed by atoms with Crippen LogP contribution in [-0.4, -0.2) is 43.2 Å². The second-order valence-corrected chi connectivity index (χ2v) is 5.45. The molecule has 0 saturated carbocycles. The van der Waals surface area contributed by atoms with Crippen molar-refractivity contribution in [3.63, 3.8) is 0 Å². The SMILES string of the molecule is COC(=O)[C@@H](NC(=O)[C@@H](NC(=O)C(F)(F)F)C(C)C)C(C)C. The number of carbonyl (C=O) groups excluding carboxylic acids is 3. The minimum absolute atomic E-state index is 0.331. The van der Waals surface area contributed by atoms with Gasteiger partial charge < -0.3 is 15.4 Å². The zero-order chi connectivity index (χ0) is 17.7. The van der Waals surface area contributed by atoms with Gasteiger partial charge in [0.25, 0.3) is 0 Å². The lowest BCUT2D eigenvalue weighted by molar-refractivity contribution is -0.175. The molecular weight excluding hydrogens is 305 g/mol. The Kier molecular flexibility index (Phi) is 7.34. The van der Waals surface area contributed by atoms with Crippen LogP contribution in [0.15, 0.2) is 0 Å². The molecule has 0 unspecified atom stereocenters. The average Bonchev–Trinajstić information content (AvgIpc) is 2.38. The fraction of sp³-hybridized carbons (Fsp3) is 0.769. The number of carbonyl (C=O) groups is 3. The second kappa shape index (κ2) is 8.00. The maximum atomic E-state index is 12.3. The van der Waals surface area contributed by atoms with Crippen LogP contribution in [0.25, 0.3) is 0 Å². The molecule has 2 amide bonds. The van der Waals surface area contributed by atoms with Crippen LogP contribution in [0.5, 0.6) is 0 Å². The maximum absolute atomic E-state index is 12.3. The summed E-state index contributed by atoms with van der Waals surface area (Å²) in [6.07, 6.45) is -5.09. The van der Waals surface area contributed by atoms with Crippen LogP contribution in [-0.2, 0) is 19.1 Å². The first kappa shape index (κ1) is 20.2. The third-order valence-electron chi connectivity index (χ3n) is 2.91. The summed E-state index contributed by atoms with van der Waals surface area (Å²) < 4.78 is 41.4. The molecule has 0 radical (unpaired) electrons. The van der Waals surface area contributed by atoms with Gasteiger partial charge in [-0.1, -0.05) is 27.7 Å². The number of halogens is 3. The Morgan fingerprint density at radius 3 is 1.68 bits per heavy atom. The van der Waals surface area contributed by atoms with Crippen LogP contribution in [0.1, 0.15) is 27.7 Å². The van der Waals surface area contributed by atoms with Gasteiger partial charge in [0.1, 0.15) is 12.1 Å². The van der Waals surface area contributed by atoms with E-state index in [1.807, 2.05) is 0 Å². The van der Waals surface area contributed by atoms with Gasteiger partial charge in [-0.15, -0.1) is 0 Å². The zero-order valence-electron chi connectivity index (χ0n) is 13.1. The van der Waals surface area contributed by atoms with E-state index >= 15 is 0 Å². The number of nitrogens with one attached hydrogen (secondary N) is 2. The van der Waals surface area contributed by atoms with E-state index in [1.165, 1.54) is 13.8 Å². The minimum atomic E-state index is -5.09. The molecule has 6 nitrogen and oxygen atoms in total. The third kappa shape index (κ3) is 5.90. The molecule has 0 aliphatic carbocycles. The largest absolute Gasteiger partial charge is 0.471 e. The van der Waals surface area contributed by atoms with Gasteiger partial charge in [0.2, 0.25) is 5.91 Å². The van der Waals surface area contributed by atoms with Crippen LogP contribution >= 0.6 is 0 Å². The van der Waals surface area contributed by atoms with Crippen molar-refractivity contribution in [2.45, 2.75) is 46.0 Å². The topological polar surface area (TPSA) is 84.5 Å². The van der Waals surface area contributed by atoms with Gasteiger partial charge in [-0.05, 0) is 11.8 Å². The van der Waals surface area contributed by atoms with E-state index < -0.39 is 42.0 Å². The maximum Gasteiger partial charge on any atom is 0.471 e. The molecule has 22 heavy (non-hydrogen) atoms. The standard InChI is InChI=1S/C13H21F3N2O4/c1-6(2)8(18-12(21)13(14,15)16)10(19)17-9(7(3)4)11(20)22-5/h6-9H,1-5H3,(H,17,19)(H,18,21)/t8-,9-/m0/s1. The van der Waals surface area contributed by atoms with Gasteiger partial charge in [0.15, 0.2) is 0 Å². The predicted octanol–water partition coefficient (Wildman–Crippen LogP) is 1.00. The monoisotopic (exact) mass is 326 g/mol. The normalized spacial score (nSPS) is 14.5. The lowest BCUT2D eigenvalue weighted by Gasteiger charge is -2.26. The molecule has 0 fully saturated rings. The Hall–Kier alpha value is -1.80. The molecule has 0 aliphatic rings. The van der Waals surface area contributed by atoms with Crippen molar-refractivity contribution < 1.29 is 32.3 Å². The highest BCUT2D eigenvalue weighted by Crippen LogP contribution is 2.16. The Morgan fingerprint density at radius 1 is 0.909 bits per heavy atom. The highest BCUT2D eigenvalue weighted by atomic mass is 19.4. The van der Waals surface area contributed by atoms with Crippen molar-refractivity contribution >= 4 is 17.8 Å². The smallest absolute Gasteiger partial charge is 0.467 e. The number of hydrogen-bond acceptors (Lipinski definition) is 4. The molecule has 0 aromatic rings. The van der Waals surface area contributed by atoms with Gasteiger partial charge in [0.05, 0.1) is 7.11 Å². The van der Waals surface area contributed by atoms with Crippen molar-refractivity contribution in [3.05, 3.63) is 0 Å². The first-order valence-electron chi connectivity index (χ1n) is 6.67. The molecule has 0 saturated heterocycles. The van der Waals surface area contributed by atoms with E-state index in [-0.39, 0.29) is 5.92 Å². The fourth-order valence-electron chi connectivity index (χ4n) is 1.63. The molecule has 0 rings (SSSR count). The van der Waals surface area contributed by atoms with Crippen LogP contribution in [0.2, 0.25) is 0 Å². The van der Waals surface area contributed by atoms with E-state index in [9.17, 15) is 27.6 Å². The molecule has 0 aromatic carbocycles. The molecule has 128 valence electrons. The van der Waals surface area contributed by atoms with E-state index in [0.717, 1.165) is 7.11 Å². The molecule has 0 aliphatic heterocycles. The molecule has 0 bridgehead atoms. The van der Waals surface area contributed by atoms with Crippen molar-refractivity contribution in [2.24, 2.45) is 11.8 Å². The molecule has 0 heterocycles. The van der Waals surface area contributed by atoms with Crippen molar-refractivity contribution in [2.75, 3.05) is 7.11 Å². The summed E-state index contributed by atoms with van der Waals surface area (Å²) in [7, 11) is 1.13. The van der Waals surface area contributed by atoms with Crippen LogP contribution in [0, 0.1) is 11.8 Å². The minimum Gasteiger partial charge on any atom is -0.467 e. The summed E-state index contributed by atoms with van der Waals surface area (Å²) in [5.74, 6) is -4.73. The number of esters is 1. The van der Waals surface area contributed by atoms with E-state index in [4.69, 9.17) is 0 Å². The summed E-state index contributed by atoms with van der Waals surface area (Å²) in [5, 5.41) is 3.94. The first-order valence-corrected chi connectivity index (χ1v) is 6.67. The van der Waals surface area contributed by atoms with Gasteiger partial charge in [0, 0.05) is 0 Å². The number of rotatable bonds is 6. The average molecular weight is 326 g/mol. The Bertz CT molecular complexity index is 422. The van der Waals surface area contributed by atoms with Gasteiger partial charge in [-0.3, -0.25) is 9.59 Å². The number of methoxy groups -OCH3 is 1. The number of amides is 2. The zero-order valence-corrected chi connectivity index (χ0v) is 13.1. The predicted molar refractivity (Wildman–Crippen MR) is 71.6 cm³/mol. The number of hydrogen-bond donors (Lipinski definition) is 2. The summed E-state index contributed by atoms with van der Waals surface area (Å²) in [6, 6.07) is -2.43. The molecular formula is C13H21F3N2O4. The highest BCUT2D eigenvalue weighted by molar-refractivity contribution is 5.92. The van der Waals surface area contributed by atoms with Gasteiger partial charge in [-0.2, -0.15) is 13.2 Å².